The van der Waals surface area contributed by atoms with Crippen LogP contribution in [0.15, 0.2) is 42.7 Å². The summed E-state index contributed by atoms with van der Waals surface area (Å²) < 4.78 is 5.97. The number of benzene rings is 1. The number of hydrogen-bond acceptors (Lipinski definition) is 6. The van der Waals surface area contributed by atoms with E-state index in [4.69, 9.17) is 4.74 Å². The lowest BCUT2D eigenvalue weighted by Gasteiger charge is -2.29. The van der Waals surface area contributed by atoms with E-state index >= 15 is 0 Å². The molecule has 0 atom stereocenters. The Morgan fingerprint density at radius 3 is 2.62 bits per heavy atom. The molecule has 2 heterocycles. The topological polar surface area (TPSA) is 53.5 Å². The second-order valence-electron chi connectivity index (χ2n) is 5.69. The molecule has 2 aromatic rings. The second kappa shape index (κ2) is 8.49. The molecule has 0 spiro atoms. The number of piperazine rings is 1. The number of nitrogens with zero attached hydrogens (tertiary/aromatic N) is 4. The van der Waals surface area contributed by atoms with Gasteiger partial charge in [0.2, 0.25) is 0 Å². The van der Waals surface area contributed by atoms with Gasteiger partial charge in [-0.1, -0.05) is 18.2 Å². The SMILES string of the molecule is CCN(CCOc1nccnc1N1CCNCC1)c1ccccc1. The molecule has 0 amide bonds. The van der Waals surface area contributed by atoms with Gasteiger partial charge in [-0.3, -0.25) is 0 Å². The maximum atomic E-state index is 5.97. The van der Waals surface area contributed by atoms with Crippen LogP contribution in [0.1, 0.15) is 6.92 Å². The molecule has 1 fully saturated rings. The van der Waals surface area contributed by atoms with Crippen molar-refractivity contribution in [3.8, 4) is 5.88 Å². The van der Waals surface area contributed by atoms with E-state index in [0.29, 0.717) is 12.5 Å². The van der Waals surface area contributed by atoms with Crippen LogP contribution >= 0.6 is 0 Å². The first kappa shape index (κ1) is 16.5. The van der Waals surface area contributed by atoms with Crippen LogP contribution in [0.4, 0.5) is 11.5 Å². The molecule has 0 bridgehead atoms. The van der Waals surface area contributed by atoms with Crippen molar-refractivity contribution in [2.24, 2.45) is 0 Å². The van der Waals surface area contributed by atoms with Crippen molar-refractivity contribution in [1.29, 1.82) is 0 Å². The fourth-order valence-corrected chi connectivity index (χ4v) is 2.87. The largest absolute Gasteiger partial charge is 0.473 e. The van der Waals surface area contributed by atoms with Gasteiger partial charge in [0.15, 0.2) is 5.82 Å². The molecule has 24 heavy (non-hydrogen) atoms. The maximum absolute atomic E-state index is 5.97. The Balaban J connectivity index is 1.60. The number of aromatic nitrogens is 2. The van der Waals surface area contributed by atoms with Crippen molar-refractivity contribution in [1.82, 2.24) is 15.3 Å². The van der Waals surface area contributed by atoms with Crippen LogP contribution in [0.3, 0.4) is 0 Å². The average molecular weight is 327 g/mol. The van der Waals surface area contributed by atoms with Gasteiger partial charge in [0.05, 0.1) is 6.54 Å². The summed E-state index contributed by atoms with van der Waals surface area (Å²) in [6.45, 7) is 8.29. The normalized spacial score (nSPS) is 14.5. The molecule has 1 N–H and O–H groups in total. The summed E-state index contributed by atoms with van der Waals surface area (Å²) in [5.41, 5.74) is 1.21. The average Bonchev–Trinajstić information content (AvgIpc) is 2.67. The Kier molecular flexibility index (Phi) is 5.85. The fourth-order valence-electron chi connectivity index (χ4n) is 2.87. The van der Waals surface area contributed by atoms with Crippen LogP contribution in [-0.4, -0.2) is 55.8 Å². The summed E-state index contributed by atoms with van der Waals surface area (Å²) in [5.74, 6) is 1.48. The molecule has 1 aromatic heterocycles. The number of ether oxygens (including phenoxy) is 1. The molecular weight excluding hydrogens is 302 g/mol. The quantitative estimate of drug-likeness (QED) is 0.837. The van der Waals surface area contributed by atoms with Crippen LogP contribution < -0.4 is 19.9 Å². The van der Waals surface area contributed by atoms with Gasteiger partial charge in [0, 0.05) is 50.8 Å². The van der Waals surface area contributed by atoms with Gasteiger partial charge in [-0.25, -0.2) is 9.97 Å². The molecule has 6 heteroatoms. The van der Waals surface area contributed by atoms with Crippen molar-refractivity contribution in [2.45, 2.75) is 6.92 Å². The lowest BCUT2D eigenvalue weighted by Crippen LogP contribution is -2.44. The number of rotatable bonds is 7. The Morgan fingerprint density at radius 2 is 1.88 bits per heavy atom. The van der Waals surface area contributed by atoms with E-state index in [1.54, 1.807) is 12.4 Å². The minimum Gasteiger partial charge on any atom is -0.473 e. The molecule has 3 rings (SSSR count). The third-order valence-corrected chi connectivity index (χ3v) is 4.17. The first-order chi connectivity index (χ1) is 11.9. The predicted molar refractivity (Wildman–Crippen MR) is 96.9 cm³/mol. The zero-order chi connectivity index (χ0) is 16.6. The number of likely N-dealkylation sites (N-methyl/N-ethyl adjacent to an activating group) is 1. The van der Waals surface area contributed by atoms with Gasteiger partial charge in [-0.2, -0.15) is 0 Å². The van der Waals surface area contributed by atoms with E-state index in [1.807, 2.05) is 6.07 Å². The van der Waals surface area contributed by atoms with Crippen LogP contribution in [0, 0.1) is 0 Å². The van der Waals surface area contributed by atoms with Crippen LogP contribution in [0.2, 0.25) is 0 Å². The first-order valence-corrected chi connectivity index (χ1v) is 8.58. The fraction of sp³-hybridized carbons (Fsp3) is 0.444. The highest BCUT2D eigenvalue weighted by atomic mass is 16.5. The van der Waals surface area contributed by atoms with Gasteiger partial charge in [0.1, 0.15) is 6.61 Å². The molecule has 128 valence electrons. The van der Waals surface area contributed by atoms with Gasteiger partial charge in [0.25, 0.3) is 5.88 Å². The lowest BCUT2D eigenvalue weighted by atomic mass is 10.3. The highest BCUT2D eigenvalue weighted by Gasteiger charge is 2.17. The van der Waals surface area contributed by atoms with Gasteiger partial charge < -0.3 is 19.9 Å². The van der Waals surface area contributed by atoms with Crippen LogP contribution in [0.5, 0.6) is 5.88 Å². The number of hydrogen-bond donors (Lipinski definition) is 1. The Morgan fingerprint density at radius 1 is 1.12 bits per heavy atom. The maximum Gasteiger partial charge on any atom is 0.257 e. The van der Waals surface area contributed by atoms with Crippen molar-refractivity contribution in [3.05, 3.63) is 42.7 Å². The molecule has 1 aromatic carbocycles. The molecule has 0 aliphatic carbocycles. The van der Waals surface area contributed by atoms with Crippen molar-refractivity contribution < 1.29 is 4.74 Å². The molecule has 0 unspecified atom stereocenters. The van der Waals surface area contributed by atoms with Crippen LogP contribution in [0.25, 0.3) is 0 Å². The minimum atomic E-state index is 0.584. The van der Waals surface area contributed by atoms with Gasteiger partial charge >= 0.3 is 0 Å². The first-order valence-electron chi connectivity index (χ1n) is 8.58. The third kappa shape index (κ3) is 4.14. The van der Waals surface area contributed by atoms with Gasteiger partial charge in [-0.15, -0.1) is 0 Å². The van der Waals surface area contributed by atoms with E-state index in [0.717, 1.165) is 45.1 Å². The molecule has 0 radical (unpaired) electrons. The van der Waals surface area contributed by atoms with E-state index < -0.39 is 0 Å². The van der Waals surface area contributed by atoms with Crippen molar-refractivity contribution >= 4 is 11.5 Å². The molecule has 0 saturated carbocycles. The summed E-state index contributed by atoms with van der Waals surface area (Å²) in [7, 11) is 0. The monoisotopic (exact) mass is 327 g/mol. The highest BCUT2D eigenvalue weighted by Crippen LogP contribution is 2.23. The Bertz CT molecular complexity index is 616. The standard InChI is InChI=1S/C18H25N5O/c1-2-22(16-6-4-3-5-7-16)14-15-24-18-17(20-8-9-21-18)23-12-10-19-11-13-23/h3-9,19H,2,10-15H2,1H3. The highest BCUT2D eigenvalue weighted by molar-refractivity contribution is 5.48. The zero-order valence-corrected chi connectivity index (χ0v) is 14.2. The van der Waals surface area contributed by atoms with Crippen molar-refractivity contribution in [3.63, 3.8) is 0 Å². The van der Waals surface area contributed by atoms with Crippen LogP contribution in [-0.2, 0) is 0 Å². The number of nitrogens with one attached hydrogen (secondary N) is 1. The molecule has 1 aliphatic rings. The Hall–Kier alpha value is -2.34. The summed E-state index contributed by atoms with van der Waals surface area (Å²) in [6, 6.07) is 10.4. The third-order valence-electron chi connectivity index (χ3n) is 4.17. The number of anilines is 2. The number of para-hydroxylation sites is 1. The predicted octanol–water partition coefficient (Wildman–Crippen LogP) is 1.79. The summed E-state index contributed by atoms with van der Waals surface area (Å²) >= 11 is 0. The summed E-state index contributed by atoms with van der Waals surface area (Å²) in [5, 5.41) is 3.35. The van der Waals surface area contributed by atoms with Crippen molar-refractivity contribution in [2.75, 3.05) is 55.7 Å². The van der Waals surface area contributed by atoms with E-state index in [-0.39, 0.29) is 0 Å². The van der Waals surface area contributed by atoms with E-state index in [9.17, 15) is 0 Å². The Labute approximate surface area is 143 Å². The molecule has 1 aliphatic heterocycles. The second-order valence-corrected chi connectivity index (χ2v) is 5.69. The van der Waals surface area contributed by atoms with Gasteiger partial charge in [-0.05, 0) is 19.1 Å². The smallest absolute Gasteiger partial charge is 0.257 e. The minimum absolute atomic E-state index is 0.584. The molecule has 1 saturated heterocycles. The summed E-state index contributed by atoms with van der Waals surface area (Å²) in [4.78, 5) is 13.4. The summed E-state index contributed by atoms with van der Waals surface area (Å²) in [6.07, 6.45) is 3.42. The molecule has 6 nitrogen and oxygen atoms in total. The molecular formula is C18H25N5O. The van der Waals surface area contributed by atoms with E-state index in [2.05, 4.69) is 56.3 Å². The zero-order valence-electron chi connectivity index (χ0n) is 14.2. The van der Waals surface area contributed by atoms with E-state index in [1.165, 1.54) is 5.69 Å². The lowest BCUT2D eigenvalue weighted by molar-refractivity contribution is 0.310.